The van der Waals surface area contributed by atoms with Crippen LogP contribution in [0.1, 0.15) is 6.92 Å². The molecule has 3 rings (SSSR count). The number of thiazole rings is 1. The van der Waals surface area contributed by atoms with Crippen molar-refractivity contribution < 1.29 is 4.74 Å². The Bertz CT molecular complexity index is 719. The molecule has 0 spiro atoms. The highest BCUT2D eigenvalue weighted by Gasteiger charge is 2.07. The van der Waals surface area contributed by atoms with Gasteiger partial charge in [0.05, 0.1) is 17.3 Å². The van der Waals surface area contributed by atoms with E-state index in [2.05, 4.69) is 41.5 Å². The average molecular weight is 284 g/mol. The van der Waals surface area contributed by atoms with Crippen LogP contribution in [0.2, 0.25) is 0 Å². The number of rotatable bonds is 4. The fraction of sp³-hybridized carbons (Fsp3) is 0.188. The van der Waals surface area contributed by atoms with E-state index in [0.717, 1.165) is 38.8 Å². The number of hydrogen-bond acceptors (Lipinski definition) is 4. The summed E-state index contributed by atoms with van der Waals surface area (Å²) in [6, 6.07) is 14.4. The molecule has 0 aliphatic rings. The molecule has 3 nitrogen and oxygen atoms in total. The van der Waals surface area contributed by atoms with E-state index in [1.807, 2.05) is 18.2 Å². The van der Waals surface area contributed by atoms with Crippen molar-refractivity contribution in [3.05, 3.63) is 42.5 Å². The quantitative estimate of drug-likeness (QED) is 0.771. The SMILES string of the molecule is CCNc1ccc(-c2nc3ccc(OC)cc3s2)cc1. The molecule has 1 N–H and O–H groups in total. The molecule has 0 saturated heterocycles. The minimum Gasteiger partial charge on any atom is -0.497 e. The van der Waals surface area contributed by atoms with Gasteiger partial charge in [0, 0.05) is 17.8 Å². The Labute approximate surface area is 122 Å². The smallest absolute Gasteiger partial charge is 0.124 e. The number of benzene rings is 2. The Hall–Kier alpha value is -2.07. The van der Waals surface area contributed by atoms with Crippen molar-refractivity contribution in [1.82, 2.24) is 4.98 Å². The summed E-state index contributed by atoms with van der Waals surface area (Å²) in [6.45, 7) is 3.02. The number of nitrogens with zero attached hydrogens (tertiary/aromatic N) is 1. The van der Waals surface area contributed by atoms with E-state index in [4.69, 9.17) is 4.74 Å². The molecule has 0 unspecified atom stereocenters. The van der Waals surface area contributed by atoms with E-state index in [1.165, 1.54) is 0 Å². The Balaban J connectivity index is 1.96. The molecule has 0 aliphatic carbocycles. The van der Waals surface area contributed by atoms with Crippen LogP contribution in [0.5, 0.6) is 5.75 Å². The maximum atomic E-state index is 5.25. The zero-order valence-electron chi connectivity index (χ0n) is 11.5. The molecule has 1 aromatic heterocycles. The molecular formula is C16H16N2OS. The molecule has 0 bridgehead atoms. The first kappa shape index (κ1) is 12.9. The standard InChI is InChI=1S/C16H16N2OS/c1-3-17-12-6-4-11(5-7-12)16-18-14-9-8-13(19-2)10-15(14)20-16/h4-10,17H,3H2,1-2H3. The lowest BCUT2D eigenvalue weighted by atomic mass is 10.2. The minimum absolute atomic E-state index is 0.871. The molecule has 0 atom stereocenters. The molecule has 20 heavy (non-hydrogen) atoms. The van der Waals surface area contributed by atoms with Gasteiger partial charge in [-0.25, -0.2) is 4.98 Å². The van der Waals surface area contributed by atoms with Gasteiger partial charge in [-0.2, -0.15) is 0 Å². The van der Waals surface area contributed by atoms with Gasteiger partial charge in [0.1, 0.15) is 10.8 Å². The Morgan fingerprint density at radius 1 is 1.15 bits per heavy atom. The van der Waals surface area contributed by atoms with Crippen LogP contribution in [-0.4, -0.2) is 18.6 Å². The first-order chi connectivity index (χ1) is 9.80. The zero-order valence-corrected chi connectivity index (χ0v) is 12.3. The first-order valence-corrected chi connectivity index (χ1v) is 7.40. The number of methoxy groups -OCH3 is 1. The van der Waals surface area contributed by atoms with Crippen molar-refractivity contribution in [3.8, 4) is 16.3 Å². The van der Waals surface area contributed by atoms with E-state index in [1.54, 1.807) is 18.4 Å². The summed E-state index contributed by atoms with van der Waals surface area (Å²) in [4.78, 5) is 4.68. The maximum absolute atomic E-state index is 5.25. The Morgan fingerprint density at radius 2 is 1.95 bits per heavy atom. The van der Waals surface area contributed by atoms with Crippen molar-refractivity contribution in [2.45, 2.75) is 6.92 Å². The summed E-state index contributed by atoms with van der Waals surface area (Å²) in [6.07, 6.45) is 0. The molecule has 4 heteroatoms. The second-order valence-electron chi connectivity index (χ2n) is 4.46. The molecule has 0 amide bonds. The molecule has 0 saturated carbocycles. The lowest BCUT2D eigenvalue weighted by molar-refractivity contribution is 0.415. The molecule has 3 aromatic rings. The summed E-state index contributed by atoms with van der Waals surface area (Å²) in [5.41, 5.74) is 3.30. The number of fused-ring (bicyclic) bond motifs is 1. The number of aromatic nitrogens is 1. The normalized spacial score (nSPS) is 10.7. The third-order valence-electron chi connectivity index (χ3n) is 3.11. The van der Waals surface area contributed by atoms with Crippen molar-refractivity contribution in [2.75, 3.05) is 19.0 Å². The number of ether oxygens (including phenoxy) is 1. The van der Waals surface area contributed by atoms with Gasteiger partial charge in [0.2, 0.25) is 0 Å². The number of anilines is 1. The maximum Gasteiger partial charge on any atom is 0.124 e. The van der Waals surface area contributed by atoms with E-state index >= 15 is 0 Å². The summed E-state index contributed by atoms with van der Waals surface area (Å²) in [7, 11) is 1.68. The highest BCUT2D eigenvalue weighted by atomic mass is 32.1. The molecule has 0 radical (unpaired) electrons. The zero-order chi connectivity index (χ0) is 13.9. The predicted molar refractivity (Wildman–Crippen MR) is 85.8 cm³/mol. The van der Waals surface area contributed by atoms with Gasteiger partial charge in [0.15, 0.2) is 0 Å². The van der Waals surface area contributed by atoms with Crippen molar-refractivity contribution in [1.29, 1.82) is 0 Å². The van der Waals surface area contributed by atoms with Crippen molar-refractivity contribution in [2.24, 2.45) is 0 Å². The predicted octanol–water partition coefficient (Wildman–Crippen LogP) is 4.40. The molecule has 0 fully saturated rings. The van der Waals surface area contributed by atoms with Crippen molar-refractivity contribution in [3.63, 3.8) is 0 Å². The molecule has 1 heterocycles. The third-order valence-corrected chi connectivity index (χ3v) is 4.18. The monoisotopic (exact) mass is 284 g/mol. The fourth-order valence-electron chi connectivity index (χ4n) is 2.09. The van der Waals surface area contributed by atoms with E-state index < -0.39 is 0 Å². The molecule has 2 aromatic carbocycles. The Morgan fingerprint density at radius 3 is 2.65 bits per heavy atom. The van der Waals surface area contributed by atoms with Gasteiger partial charge in [-0.15, -0.1) is 11.3 Å². The van der Waals surface area contributed by atoms with Crippen LogP contribution in [0.25, 0.3) is 20.8 Å². The second-order valence-corrected chi connectivity index (χ2v) is 5.49. The minimum atomic E-state index is 0.871. The van der Waals surface area contributed by atoms with Crippen LogP contribution >= 0.6 is 11.3 Å². The molecule has 102 valence electrons. The molecule has 0 aliphatic heterocycles. The van der Waals surface area contributed by atoms with Gasteiger partial charge in [0.25, 0.3) is 0 Å². The highest BCUT2D eigenvalue weighted by Crippen LogP contribution is 2.32. The molecular weight excluding hydrogens is 268 g/mol. The van der Waals surface area contributed by atoms with Crippen LogP contribution in [0.4, 0.5) is 5.69 Å². The van der Waals surface area contributed by atoms with Gasteiger partial charge in [-0.3, -0.25) is 0 Å². The van der Waals surface area contributed by atoms with Crippen LogP contribution in [0, 0.1) is 0 Å². The van der Waals surface area contributed by atoms with Gasteiger partial charge < -0.3 is 10.1 Å². The summed E-state index contributed by atoms with van der Waals surface area (Å²) < 4.78 is 6.40. The topological polar surface area (TPSA) is 34.2 Å². The number of nitrogens with one attached hydrogen (secondary N) is 1. The fourth-order valence-corrected chi connectivity index (χ4v) is 3.09. The van der Waals surface area contributed by atoms with Gasteiger partial charge in [-0.05, 0) is 49.4 Å². The average Bonchev–Trinajstić information content (AvgIpc) is 2.91. The van der Waals surface area contributed by atoms with Crippen LogP contribution < -0.4 is 10.1 Å². The van der Waals surface area contributed by atoms with Gasteiger partial charge in [-0.1, -0.05) is 0 Å². The lowest BCUT2D eigenvalue weighted by Gasteiger charge is -2.03. The summed E-state index contributed by atoms with van der Waals surface area (Å²) in [5, 5.41) is 4.33. The summed E-state index contributed by atoms with van der Waals surface area (Å²) in [5.74, 6) is 0.871. The van der Waals surface area contributed by atoms with Crippen molar-refractivity contribution >= 4 is 27.2 Å². The van der Waals surface area contributed by atoms with E-state index in [9.17, 15) is 0 Å². The third kappa shape index (κ3) is 2.47. The van der Waals surface area contributed by atoms with Crippen LogP contribution in [0.15, 0.2) is 42.5 Å². The number of hydrogen-bond donors (Lipinski definition) is 1. The lowest BCUT2D eigenvalue weighted by Crippen LogP contribution is -1.95. The van der Waals surface area contributed by atoms with E-state index in [0.29, 0.717) is 0 Å². The van der Waals surface area contributed by atoms with Crippen LogP contribution in [-0.2, 0) is 0 Å². The first-order valence-electron chi connectivity index (χ1n) is 6.59. The van der Waals surface area contributed by atoms with Gasteiger partial charge >= 0.3 is 0 Å². The summed E-state index contributed by atoms with van der Waals surface area (Å²) >= 11 is 1.69. The second kappa shape index (κ2) is 5.51. The Kier molecular flexibility index (Phi) is 3.56. The largest absolute Gasteiger partial charge is 0.497 e. The van der Waals surface area contributed by atoms with Crippen LogP contribution in [0.3, 0.4) is 0 Å². The highest BCUT2D eigenvalue weighted by molar-refractivity contribution is 7.21. The van der Waals surface area contributed by atoms with E-state index in [-0.39, 0.29) is 0 Å².